The molecule has 0 bridgehead atoms. The Balaban J connectivity index is 1.65. The number of methoxy groups -OCH3 is 2. The Morgan fingerprint density at radius 1 is 1.06 bits per heavy atom. The molecule has 1 saturated heterocycles. The largest absolute Gasteiger partial charge is 0.493 e. The van der Waals surface area contributed by atoms with Crippen LogP contribution in [0.2, 0.25) is 0 Å². The van der Waals surface area contributed by atoms with Crippen molar-refractivity contribution >= 4 is 11.3 Å². The summed E-state index contributed by atoms with van der Waals surface area (Å²) in [6.45, 7) is 8.34. The molecule has 170 valence electrons. The van der Waals surface area contributed by atoms with E-state index in [2.05, 4.69) is 30.1 Å². The summed E-state index contributed by atoms with van der Waals surface area (Å²) in [7, 11) is 3.19. The maximum absolute atomic E-state index is 13.0. The van der Waals surface area contributed by atoms with Gasteiger partial charge in [0.1, 0.15) is 5.65 Å². The van der Waals surface area contributed by atoms with E-state index in [1.54, 1.807) is 24.7 Å². The van der Waals surface area contributed by atoms with Gasteiger partial charge in [-0.1, -0.05) is 13.8 Å². The van der Waals surface area contributed by atoms with Crippen molar-refractivity contribution < 1.29 is 9.47 Å². The van der Waals surface area contributed by atoms with Crippen LogP contribution in [-0.2, 0) is 0 Å². The molecular formula is C25H32N4O3. The average molecular weight is 437 g/mol. The van der Waals surface area contributed by atoms with Gasteiger partial charge in [-0.15, -0.1) is 0 Å². The lowest BCUT2D eigenvalue weighted by molar-refractivity contribution is 0.355. The van der Waals surface area contributed by atoms with E-state index >= 15 is 0 Å². The molecule has 0 spiro atoms. The molecule has 1 aliphatic rings. The van der Waals surface area contributed by atoms with Gasteiger partial charge in [0.25, 0.3) is 5.56 Å². The maximum Gasteiger partial charge on any atom is 0.258 e. The Labute approximate surface area is 189 Å². The molecule has 0 aliphatic carbocycles. The van der Waals surface area contributed by atoms with Gasteiger partial charge < -0.3 is 19.7 Å². The molecule has 1 aromatic carbocycles. The molecule has 2 aromatic heterocycles. The minimum absolute atomic E-state index is 0.0962. The summed E-state index contributed by atoms with van der Waals surface area (Å²) < 4.78 is 12.4. The third-order valence-electron chi connectivity index (χ3n) is 6.04. The Morgan fingerprint density at radius 2 is 1.78 bits per heavy atom. The van der Waals surface area contributed by atoms with Crippen LogP contribution in [0, 0.1) is 6.92 Å². The molecule has 1 aliphatic heterocycles. The number of benzene rings is 1. The highest BCUT2D eigenvalue weighted by Crippen LogP contribution is 2.32. The summed E-state index contributed by atoms with van der Waals surface area (Å²) in [5, 5.41) is 3.63. The number of aromatic nitrogens is 2. The van der Waals surface area contributed by atoms with E-state index in [1.807, 2.05) is 31.3 Å². The van der Waals surface area contributed by atoms with Crippen molar-refractivity contribution in [3.05, 3.63) is 52.4 Å². The van der Waals surface area contributed by atoms with Crippen molar-refractivity contribution in [1.29, 1.82) is 0 Å². The van der Waals surface area contributed by atoms with Gasteiger partial charge in [-0.25, -0.2) is 4.98 Å². The summed E-state index contributed by atoms with van der Waals surface area (Å²) in [4.78, 5) is 20.2. The highest BCUT2D eigenvalue weighted by molar-refractivity contribution is 5.67. The van der Waals surface area contributed by atoms with Crippen LogP contribution in [0.25, 0.3) is 16.9 Å². The van der Waals surface area contributed by atoms with Crippen molar-refractivity contribution in [2.24, 2.45) is 0 Å². The lowest BCUT2D eigenvalue weighted by Gasteiger charge is -2.35. The number of nitrogens with zero attached hydrogens (tertiary/aromatic N) is 3. The normalized spacial score (nSPS) is 14.9. The minimum atomic E-state index is -0.0962. The standard InChI is InChI=1S/C25H32N4O3/c1-16(2)26-19-8-10-28(11-9-19)20-12-17(3)25-27-21(14-24(30)29(25)15-20)18-6-7-22(31-4)23(13-18)32-5/h6-7,12-16,19,26H,8-11H2,1-5H3. The zero-order valence-corrected chi connectivity index (χ0v) is 19.5. The Hall–Kier alpha value is -3.06. The Kier molecular flexibility index (Phi) is 6.37. The number of fused-ring (bicyclic) bond motifs is 1. The summed E-state index contributed by atoms with van der Waals surface area (Å²) >= 11 is 0. The van der Waals surface area contributed by atoms with Gasteiger partial charge in [0.15, 0.2) is 11.5 Å². The predicted molar refractivity (Wildman–Crippen MR) is 128 cm³/mol. The van der Waals surface area contributed by atoms with Gasteiger partial charge in [-0.3, -0.25) is 9.20 Å². The number of piperidine rings is 1. The van der Waals surface area contributed by atoms with Gasteiger partial charge in [0.05, 0.1) is 25.6 Å². The van der Waals surface area contributed by atoms with E-state index in [1.165, 1.54) is 0 Å². The first-order chi connectivity index (χ1) is 15.4. The van der Waals surface area contributed by atoms with Crippen molar-refractivity contribution in [1.82, 2.24) is 14.7 Å². The van der Waals surface area contributed by atoms with E-state index in [-0.39, 0.29) is 5.56 Å². The van der Waals surface area contributed by atoms with Crippen LogP contribution in [0.15, 0.2) is 41.3 Å². The minimum Gasteiger partial charge on any atom is -0.493 e. The Morgan fingerprint density at radius 3 is 2.44 bits per heavy atom. The molecule has 7 heteroatoms. The molecule has 0 radical (unpaired) electrons. The molecule has 0 saturated carbocycles. The number of ether oxygens (including phenoxy) is 2. The van der Waals surface area contributed by atoms with Crippen molar-refractivity contribution in [2.75, 3.05) is 32.2 Å². The number of anilines is 1. The average Bonchev–Trinajstić information content (AvgIpc) is 2.79. The lowest BCUT2D eigenvalue weighted by atomic mass is 10.0. The molecular weight excluding hydrogens is 404 g/mol. The van der Waals surface area contributed by atoms with Crippen LogP contribution in [0.4, 0.5) is 5.69 Å². The first kappa shape index (κ1) is 22.1. The Bertz CT molecular complexity index is 1160. The maximum atomic E-state index is 13.0. The topological polar surface area (TPSA) is 68.1 Å². The number of nitrogens with one attached hydrogen (secondary N) is 1. The van der Waals surface area contributed by atoms with Crippen LogP contribution >= 0.6 is 0 Å². The lowest BCUT2D eigenvalue weighted by Crippen LogP contribution is -2.44. The monoisotopic (exact) mass is 436 g/mol. The molecule has 1 fully saturated rings. The highest BCUT2D eigenvalue weighted by Gasteiger charge is 2.21. The number of hydrogen-bond donors (Lipinski definition) is 1. The SMILES string of the molecule is COc1ccc(-c2cc(=O)n3cc(N4CCC(NC(C)C)CC4)cc(C)c3n2)cc1OC. The van der Waals surface area contributed by atoms with E-state index in [0.717, 1.165) is 42.7 Å². The van der Waals surface area contributed by atoms with Gasteiger partial charge in [-0.05, 0) is 49.6 Å². The fourth-order valence-corrected chi connectivity index (χ4v) is 4.44. The van der Waals surface area contributed by atoms with Crippen molar-refractivity contribution in [3.8, 4) is 22.8 Å². The third-order valence-corrected chi connectivity index (χ3v) is 6.04. The van der Waals surface area contributed by atoms with Crippen molar-refractivity contribution in [3.63, 3.8) is 0 Å². The second-order valence-electron chi connectivity index (χ2n) is 8.71. The number of rotatable bonds is 6. The molecule has 7 nitrogen and oxygen atoms in total. The van der Waals surface area contributed by atoms with Crippen LogP contribution in [0.5, 0.6) is 11.5 Å². The van der Waals surface area contributed by atoms with Crippen LogP contribution in [0.3, 0.4) is 0 Å². The van der Waals surface area contributed by atoms with Gasteiger partial charge in [-0.2, -0.15) is 0 Å². The fourth-order valence-electron chi connectivity index (χ4n) is 4.44. The van der Waals surface area contributed by atoms with E-state index in [9.17, 15) is 4.79 Å². The predicted octanol–water partition coefficient (Wildman–Crippen LogP) is 3.65. The molecule has 3 aromatic rings. The van der Waals surface area contributed by atoms with Crippen LogP contribution in [0.1, 0.15) is 32.3 Å². The van der Waals surface area contributed by atoms with E-state index < -0.39 is 0 Å². The zero-order chi connectivity index (χ0) is 22.8. The molecule has 4 rings (SSSR count). The summed E-state index contributed by atoms with van der Waals surface area (Å²) in [6, 6.07) is 10.3. The smallest absolute Gasteiger partial charge is 0.258 e. The number of pyridine rings is 1. The number of hydrogen-bond acceptors (Lipinski definition) is 6. The first-order valence-electron chi connectivity index (χ1n) is 11.2. The van der Waals surface area contributed by atoms with E-state index in [0.29, 0.717) is 34.9 Å². The highest BCUT2D eigenvalue weighted by atomic mass is 16.5. The van der Waals surface area contributed by atoms with Gasteiger partial charge >= 0.3 is 0 Å². The summed E-state index contributed by atoms with van der Waals surface area (Å²) in [5.41, 5.74) is 4.05. The molecule has 0 amide bonds. The second kappa shape index (κ2) is 9.20. The van der Waals surface area contributed by atoms with Crippen molar-refractivity contribution in [2.45, 2.75) is 45.7 Å². The second-order valence-corrected chi connectivity index (χ2v) is 8.71. The fraction of sp³-hybridized carbons (Fsp3) is 0.440. The molecule has 0 atom stereocenters. The quantitative estimate of drug-likeness (QED) is 0.636. The van der Waals surface area contributed by atoms with Crippen LogP contribution < -0.4 is 25.2 Å². The molecule has 1 N–H and O–H groups in total. The van der Waals surface area contributed by atoms with E-state index in [4.69, 9.17) is 14.5 Å². The van der Waals surface area contributed by atoms with Crippen LogP contribution in [-0.4, -0.2) is 48.8 Å². The number of aryl methyl sites for hydroxylation is 1. The summed E-state index contributed by atoms with van der Waals surface area (Å²) in [6.07, 6.45) is 4.12. The first-order valence-corrected chi connectivity index (χ1v) is 11.2. The van der Waals surface area contributed by atoms with Gasteiger partial charge in [0.2, 0.25) is 0 Å². The molecule has 0 unspecified atom stereocenters. The summed E-state index contributed by atoms with van der Waals surface area (Å²) in [5.74, 6) is 1.25. The van der Waals surface area contributed by atoms with Gasteiger partial charge in [0, 0.05) is 43.0 Å². The molecule has 32 heavy (non-hydrogen) atoms. The molecule has 3 heterocycles. The zero-order valence-electron chi connectivity index (χ0n) is 19.5. The third kappa shape index (κ3) is 4.43.